The van der Waals surface area contributed by atoms with Gasteiger partial charge >= 0.3 is 0 Å². The lowest BCUT2D eigenvalue weighted by molar-refractivity contribution is -0.123. The molecule has 2 aromatic carbocycles. The van der Waals surface area contributed by atoms with Crippen LogP contribution in [0.2, 0.25) is 0 Å². The predicted molar refractivity (Wildman–Crippen MR) is 123 cm³/mol. The maximum absolute atomic E-state index is 15.0. The summed E-state index contributed by atoms with van der Waals surface area (Å²) in [6, 6.07) is 14.8. The van der Waals surface area contributed by atoms with Crippen molar-refractivity contribution in [1.29, 1.82) is 0 Å². The summed E-state index contributed by atoms with van der Waals surface area (Å²) in [6.45, 7) is 2.30. The summed E-state index contributed by atoms with van der Waals surface area (Å²) in [7, 11) is 0. The Kier molecular flexibility index (Phi) is 7.07. The van der Waals surface area contributed by atoms with Gasteiger partial charge in [-0.15, -0.1) is 0 Å². The van der Waals surface area contributed by atoms with Crippen molar-refractivity contribution in [1.82, 2.24) is 5.32 Å². The average Bonchev–Trinajstić information content (AvgIpc) is 3.53. The van der Waals surface area contributed by atoms with Crippen LogP contribution in [0.5, 0.6) is 5.75 Å². The number of halogens is 1. The zero-order valence-electron chi connectivity index (χ0n) is 18.5. The highest BCUT2D eigenvalue weighted by atomic mass is 19.1. The molecule has 172 valence electrons. The molecule has 2 amide bonds. The average molecular weight is 451 g/mol. The van der Waals surface area contributed by atoms with Crippen LogP contribution in [0.15, 0.2) is 71.3 Å². The quantitative estimate of drug-likeness (QED) is 0.508. The van der Waals surface area contributed by atoms with Gasteiger partial charge < -0.3 is 14.5 Å². The van der Waals surface area contributed by atoms with E-state index in [1.54, 1.807) is 42.5 Å². The van der Waals surface area contributed by atoms with E-state index in [0.29, 0.717) is 18.0 Å². The van der Waals surface area contributed by atoms with E-state index in [1.165, 1.54) is 29.4 Å². The largest absolute Gasteiger partial charge is 0.494 e. The van der Waals surface area contributed by atoms with Gasteiger partial charge in [0.25, 0.3) is 5.91 Å². The molecule has 1 aromatic heterocycles. The van der Waals surface area contributed by atoms with Crippen molar-refractivity contribution < 1.29 is 23.1 Å². The number of carbonyl (C=O) groups is 2. The van der Waals surface area contributed by atoms with Gasteiger partial charge in [0.2, 0.25) is 5.91 Å². The van der Waals surface area contributed by atoms with Crippen LogP contribution < -0.4 is 15.0 Å². The summed E-state index contributed by atoms with van der Waals surface area (Å²) in [4.78, 5) is 28.5. The minimum Gasteiger partial charge on any atom is -0.494 e. The zero-order chi connectivity index (χ0) is 23.2. The second-order valence-corrected chi connectivity index (χ2v) is 8.00. The minimum atomic E-state index is -1.23. The number of nitrogens with one attached hydrogen (secondary N) is 1. The van der Waals surface area contributed by atoms with Gasteiger partial charge in [0.15, 0.2) is 5.76 Å². The first-order valence-corrected chi connectivity index (χ1v) is 11.2. The fourth-order valence-electron chi connectivity index (χ4n) is 4.24. The summed E-state index contributed by atoms with van der Waals surface area (Å²) >= 11 is 0. The highest BCUT2D eigenvalue weighted by molar-refractivity contribution is 6.08. The van der Waals surface area contributed by atoms with E-state index in [0.717, 1.165) is 25.7 Å². The van der Waals surface area contributed by atoms with E-state index in [1.807, 2.05) is 6.92 Å². The molecule has 1 aliphatic carbocycles. The van der Waals surface area contributed by atoms with Crippen molar-refractivity contribution in [2.75, 3.05) is 11.5 Å². The normalized spacial score (nSPS) is 14.6. The number of nitrogens with zero attached hydrogens (tertiary/aromatic N) is 1. The van der Waals surface area contributed by atoms with Crippen LogP contribution in [-0.4, -0.2) is 24.5 Å². The maximum atomic E-state index is 15.0. The van der Waals surface area contributed by atoms with Crippen LogP contribution in [0.3, 0.4) is 0 Å². The van der Waals surface area contributed by atoms with Gasteiger partial charge in [0, 0.05) is 23.4 Å². The minimum absolute atomic E-state index is 0.00194. The van der Waals surface area contributed by atoms with E-state index in [4.69, 9.17) is 9.15 Å². The molecule has 33 heavy (non-hydrogen) atoms. The van der Waals surface area contributed by atoms with Gasteiger partial charge in [-0.3, -0.25) is 14.5 Å². The Balaban J connectivity index is 1.83. The number of furan rings is 1. The molecule has 0 unspecified atom stereocenters. The van der Waals surface area contributed by atoms with Gasteiger partial charge in [-0.05, 0) is 50.1 Å². The molecule has 0 saturated heterocycles. The van der Waals surface area contributed by atoms with Crippen LogP contribution in [0.1, 0.15) is 54.8 Å². The Labute approximate surface area is 192 Å². The maximum Gasteiger partial charge on any atom is 0.294 e. The van der Waals surface area contributed by atoms with Gasteiger partial charge in [-0.1, -0.05) is 37.1 Å². The number of rotatable bonds is 8. The van der Waals surface area contributed by atoms with Crippen molar-refractivity contribution >= 4 is 17.5 Å². The fourth-order valence-corrected chi connectivity index (χ4v) is 4.24. The number of ether oxygens (including phenoxy) is 1. The molecule has 1 saturated carbocycles. The molecule has 0 spiro atoms. The highest BCUT2D eigenvalue weighted by Crippen LogP contribution is 2.33. The van der Waals surface area contributed by atoms with Crippen molar-refractivity contribution in [2.45, 2.75) is 44.7 Å². The standard InChI is InChI=1S/C26H27FN2O4/c1-2-32-20-12-7-11-19(17-20)29(26(31)23-15-8-16-33-23)24(21-13-5-6-14-22(21)27)25(30)28-18-9-3-4-10-18/h5-8,11-18,24H,2-4,9-10H2,1H3,(H,28,30)/t24-/m1/s1. The Bertz CT molecular complexity index is 1090. The number of hydrogen-bond donors (Lipinski definition) is 1. The van der Waals surface area contributed by atoms with Crippen LogP contribution in [-0.2, 0) is 4.79 Å². The number of carbonyl (C=O) groups excluding carboxylic acids is 2. The van der Waals surface area contributed by atoms with Crippen molar-refractivity contribution in [3.05, 3.63) is 84.1 Å². The van der Waals surface area contributed by atoms with Crippen LogP contribution >= 0.6 is 0 Å². The number of anilines is 1. The Morgan fingerprint density at radius 1 is 1.12 bits per heavy atom. The van der Waals surface area contributed by atoms with Crippen LogP contribution in [0.25, 0.3) is 0 Å². The summed E-state index contributed by atoms with van der Waals surface area (Å²) in [5, 5.41) is 3.03. The van der Waals surface area contributed by atoms with Gasteiger partial charge in [-0.2, -0.15) is 0 Å². The third-order valence-corrected chi connectivity index (χ3v) is 5.77. The zero-order valence-corrected chi connectivity index (χ0v) is 18.5. The Morgan fingerprint density at radius 2 is 1.91 bits per heavy atom. The van der Waals surface area contributed by atoms with Crippen LogP contribution in [0, 0.1) is 5.82 Å². The molecule has 0 aliphatic heterocycles. The van der Waals surface area contributed by atoms with Gasteiger partial charge in [0.1, 0.15) is 17.6 Å². The van der Waals surface area contributed by atoms with E-state index in [2.05, 4.69) is 5.32 Å². The van der Waals surface area contributed by atoms with E-state index >= 15 is 4.39 Å². The van der Waals surface area contributed by atoms with E-state index < -0.39 is 23.7 Å². The molecular weight excluding hydrogens is 423 g/mol. The molecule has 4 rings (SSSR count). The van der Waals surface area contributed by atoms with Crippen LogP contribution in [0.4, 0.5) is 10.1 Å². The third kappa shape index (κ3) is 5.08. The van der Waals surface area contributed by atoms with Crippen molar-refractivity contribution in [2.24, 2.45) is 0 Å². The molecule has 6 nitrogen and oxygen atoms in total. The Morgan fingerprint density at radius 3 is 2.61 bits per heavy atom. The number of amides is 2. The number of benzene rings is 2. The molecule has 1 atom stereocenters. The third-order valence-electron chi connectivity index (χ3n) is 5.77. The lowest BCUT2D eigenvalue weighted by Crippen LogP contribution is -2.46. The van der Waals surface area contributed by atoms with Gasteiger partial charge in [-0.25, -0.2) is 4.39 Å². The monoisotopic (exact) mass is 450 g/mol. The smallest absolute Gasteiger partial charge is 0.294 e. The second-order valence-electron chi connectivity index (χ2n) is 8.00. The molecule has 1 fully saturated rings. The van der Waals surface area contributed by atoms with E-state index in [-0.39, 0.29) is 17.4 Å². The Hall–Kier alpha value is -3.61. The fraction of sp³-hybridized carbons (Fsp3) is 0.308. The molecular formula is C26H27FN2O4. The summed E-state index contributed by atoms with van der Waals surface area (Å²) < 4.78 is 26.0. The SMILES string of the molecule is CCOc1cccc(N(C(=O)c2ccco2)[C@@H](C(=O)NC2CCCC2)c2ccccc2F)c1. The molecule has 1 N–H and O–H groups in total. The highest BCUT2D eigenvalue weighted by Gasteiger charge is 2.37. The van der Waals surface area contributed by atoms with Gasteiger partial charge in [0.05, 0.1) is 12.9 Å². The summed E-state index contributed by atoms with van der Waals surface area (Å²) in [6.07, 6.45) is 5.17. The summed E-state index contributed by atoms with van der Waals surface area (Å²) in [5.74, 6) is -0.970. The van der Waals surface area contributed by atoms with E-state index in [9.17, 15) is 9.59 Å². The molecule has 1 heterocycles. The van der Waals surface area contributed by atoms with Crippen molar-refractivity contribution in [3.63, 3.8) is 0 Å². The lowest BCUT2D eigenvalue weighted by atomic mass is 10.0. The second kappa shape index (κ2) is 10.3. The number of hydrogen-bond acceptors (Lipinski definition) is 4. The molecule has 0 radical (unpaired) electrons. The topological polar surface area (TPSA) is 71.8 Å². The first kappa shape index (κ1) is 22.6. The lowest BCUT2D eigenvalue weighted by Gasteiger charge is -2.32. The molecule has 7 heteroatoms. The molecule has 3 aromatic rings. The molecule has 0 bridgehead atoms. The predicted octanol–water partition coefficient (Wildman–Crippen LogP) is 5.26. The molecule has 1 aliphatic rings. The van der Waals surface area contributed by atoms with Crippen molar-refractivity contribution in [3.8, 4) is 5.75 Å². The first-order chi connectivity index (χ1) is 16.1. The summed E-state index contributed by atoms with van der Waals surface area (Å²) in [5.41, 5.74) is 0.506. The first-order valence-electron chi connectivity index (χ1n) is 11.2.